The summed E-state index contributed by atoms with van der Waals surface area (Å²) in [7, 11) is 1.57. The second-order valence-electron chi connectivity index (χ2n) is 3.97. The van der Waals surface area contributed by atoms with Gasteiger partial charge in [-0.3, -0.25) is 0 Å². The Morgan fingerprint density at radius 3 is 2.80 bits per heavy atom. The molecule has 2 N–H and O–H groups in total. The van der Waals surface area contributed by atoms with E-state index in [9.17, 15) is 4.79 Å². The lowest BCUT2D eigenvalue weighted by atomic mass is 10.2. The smallest absolute Gasteiger partial charge is 0.315 e. The maximum absolute atomic E-state index is 11.4. The van der Waals surface area contributed by atoms with Crippen molar-refractivity contribution in [2.75, 3.05) is 20.3 Å². The number of carbonyl (C=O) groups excluding carboxylic acids is 1. The molecule has 0 saturated carbocycles. The Labute approximate surface area is 116 Å². The van der Waals surface area contributed by atoms with E-state index in [1.807, 2.05) is 30.3 Å². The van der Waals surface area contributed by atoms with Crippen LogP contribution >= 0.6 is 0 Å². The molecule has 20 heavy (non-hydrogen) atoms. The Kier molecular flexibility index (Phi) is 5.08. The van der Waals surface area contributed by atoms with E-state index in [2.05, 4.69) is 20.8 Å². The fourth-order valence-electron chi connectivity index (χ4n) is 1.51. The van der Waals surface area contributed by atoms with E-state index in [1.165, 1.54) is 0 Å². The van der Waals surface area contributed by atoms with Gasteiger partial charge in [-0.05, 0) is 12.1 Å². The third-order valence-corrected chi connectivity index (χ3v) is 2.48. The van der Waals surface area contributed by atoms with Crippen molar-refractivity contribution in [1.82, 2.24) is 20.8 Å². The van der Waals surface area contributed by atoms with Crippen LogP contribution in [0.15, 0.2) is 34.7 Å². The number of methoxy groups -OCH3 is 1. The molecule has 0 radical (unpaired) electrons. The zero-order valence-corrected chi connectivity index (χ0v) is 11.1. The maximum atomic E-state index is 11.4. The molecule has 0 aliphatic carbocycles. The Morgan fingerprint density at radius 2 is 2.05 bits per heavy atom. The van der Waals surface area contributed by atoms with Crippen LogP contribution in [0.1, 0.15) is 5.89 Å². The molecule has 1 aromatic carbocycles. The van der Waals surface area contributed by atoms with Crippen molar-refractivity contribution in [2.45, 2.75) is 6.54 Å². The van der Waals surface area contributed by atoms with Gasteiger partial charge in [0.15, 0.2) is 0 Å². The van der Waals surface area contributed by atoms with E-state index < -0.39 is 0 Å². The van der Waals surface area contributed by atoms with Crippen LogP contribution in [0.25, 0.3) is 11.5 Å². The number of ether oxygens (including phenoxy) is 1. The first-order valence-corrected chi connectivity index (χ1v) is 6.18. The van der Waals surface area contributed by atoms with Crippen LogP contribution in [0, 0.1) is 0 Å². The topological polar surface area (TPSA) is 89.3 Å². The van der Waals surface area contributed by atoms with Gasteiger partial charge in [-0.1, -0.05) is 18.2 Å². The number of nitrogens with zero attached hydrogens (tertiary/aromatic N) is 2. The molecule has 0 aliphatic rings. The standard InChI is InChI=1S/C13H16N4O3/c1-19-8-7-14-13(18)15-9-11-16-17-12(20-11)10-5-3-2-4-6-10/h2-6H,7-9H2,1H3,(H2,14,15,18). The van der Waals surface area contributed by atoms with Crippen LogP contribution in [0.5, 0.6) is 0 Å². The van der Waals surface area contributed by atoms with E-state index in [-0.39, 0.29) is 12.6 Å². The molecule has 2 aromatic rings. The minimum atomic E-state index is -0.304. The second-order valence-corrected chi connectivity index (χ2v) is 3.97. The highest BCUT2D eigenvalue weighted by Gasteiger charge is 2.08. The molecular formula is C13H16N4O3. The second kappa shape index (κ2) is 7.25. The van der Waals surface area contributed by atoms with Crippen LogP contribution in [-0.4, -0.2) is 36.5 Å². The van der Waals surface area contributed by atoms with E-state index in [0.717, 1.165) is 5.56 Å². The number of hydrogen-bond acceptors (Lipinski definition) is 5. The summed E-state index contributed by atoms with van der Waals surface area (Å²) >= 11 is 0. The van der Waals surface area contributed by atoms with Gasteiger partial charge in [0, 0.05) is 19.2 Å². The van der Waals surface area contributed by atoms with Crippen LogP contribution in [0.3, 0.4) is 0 Å². The van der Waals surface area contributed by atoms with Gasteiger partial charge in [-0.15, -0.1) is 10.2 Å². The molecule has 7 heteroatoms. The van der Waals surface area contributed by atoms with Crippen molar-refractivity contribution in [3.63, 3.8) is 0 Å². The molecule has 1 heterocycles. The van der Waals surface area contributed by atoms with Crippen molar-refractivity contribution in [3.8, 4) is 11.5 Å². The highest BCUT2D eigenvalue weighted by molar-refractivity contribution is 5.73. The minimum Gasteiger partial charge on any atom is -0.419 e. The molecule has 2 rings (SSSR count). The number of benzene rings is 1. The molecule has 0 fully saturated rings. The third kappa shape index (κ3) is 4.06. The Balaban J connectivity index is 1.83. The summed E-state index contributed by atoms with van der Waals surface area (Å²) in [4.78, 5) is 11.4. The quantitative estimate of drug-likeness (QED) is 0.773. The molecule has 106 valence electrons. The van der Waals surface area contributed by atoms with Crippen molar-refractivity contribution in [1.29, 1.82) is 0 Å². The molecule has 0 saturated heterocycles. The number of urea groups is 1. The Morgan fingerprint density at radius 1 is 1.25 bits per heavy atom. The Hall–Kier alpha value is -2.41. The fraction of sp³-hybridized carbons (Fsp3) is 0.308. The zero-order chi connectivity index (χ0) is 14.2. The molecule has 0 bridgehead atoms. The van der Waals surface area contributed by atoms with Gasteiger partial charge < -0.3 is 19.8 Å². The normalized spacial score (nSPS) is 10.2. The highest BCUT2D eigenvalue weighted by Crippen LogP contribution is 2.16. The monoisotopic (exact) mass is 276 g/mol. The van der Waals surface area contributed by atoms with Gasteiger partial charge >= 0.3 is 6.03 Å². The summed E-state index contributed by atoms with van der Waals surface area (Å²) in [6.45, 7) is 1.09. The van der Waals surface area contributed by atoms with Crippen molar-refractivity contribution in [3.05, 3.63) is 36.2 Å². The minimum absolute atomic E-state index is 0.179. The van der Waals surface area contributed by atoms with Crippen LogP contribution in [-0.2, 0) is 11.3 Å². The molecule has 2 amide bonds. The first-order valence-electron chi connectivity index (χ1n) is 6.18. The number of nitrogens with one attached hydrogen (secondary N) is 2. The SMILES string of the molecule is COCCNC(=O)NCc1nnc(-c2ccccc2)o1. The summed E-state index contributed by atoms with van der Waals surface area (Å²) in [5.74, 6) is 0.785. The summed E-state index contributed by atoms with van der Waals surface area (Å²) in [5.41, 5.74) is 0.843. The van der Waals surface area contributed by atoms with Gasteiger partial charge in [-0.2, -0.15) is 0 Å². The van der Waals surface area contributed by atoms with E-state index >= 15 is 0 Å². The number of aromatic nitrogens is 2. The molecular weight excluding hydrogens is 260 g/mol. The van der Waals surface area contributed by atoms with Gasteiger partial charge in [0.2, 0.25) is 11.8 Å². The lowest BCUT2D eigenvalue weighted by Crippen LogP contribution is -2.36. The average Bonchev–Trinajstić information content (AvgIpc) is 2.95. The number of hydrogen-bond donors (Lipinski definition) is 2. The lowest BCUT2D eigenvalue weighted by molar-refractivity contribution is 0.195. The van der Waals surface area contributed by atoms with Crippen LogP contribution < -0.4 is 10.6 Å². The predicted molar refractivity (Wildman–Crippen MR) is 71.8 cm³/mol. The zero-order valence-electron chi connectivity index (χ0n) is 11.1. The maximum Gasteiger partial charge on any atom is 0.315 e. The van der Waals surface area contributed by atoms with E-state index in [0.29, 0.717) is 24.9 Å². The first kappa shape index (κ1) is 14.0. The average molecular weight is 276 g/mol. The van der Waals surface area contributed by atoms with Crippen LogP contribution in [0.2, 0.25) is 0 Å². The summed E-state index contributed by atoms with van der Waals surface area (Å²) in [6, 6.07) is 9.14. The van der Waals surface area contributed by atoms with Gasteiger partial charge in [-0.25, -0.2) is 4.79 Å². The summed E-state index contributed by atoms with van der Waals surface area (Å²) in [6.07, 6.45) is 0. The molecule has 7 nitrogen and oxygen atoms in total. The Bertz CT molecular complexity index is 542. The molecule has 1 aromatic heterocycles. The number of carbonyl (C=O) groups is 1. The molecule has 0 aliphatic heterocycles. The van der Waals surface area contributed by atoms with Gasteiger partial charge in [0.05, 0.1) is 13.2 Å². The van der Waals surface area contributed by atoms with Crippen molar-refractivity contribution >= 4 is 6.03 Å². The summed E-state index contributed by atoms with van der Waals surface area (Å²) in [5, 5.41) is 13.1. The van der Waals surface area contributed by atoms with Crippen molar-refractivity contribution in [2.24, 2.45) is 0 Å². The molecule has 0 spiro atoms. The lowest BCUT2D eigenvalue weighted by Gasteiger charge is -2.04. The number of rotatable bonds is 6. The van der Waals surface area contributed by atoms with Crippen molar-refractivity contribution < 1.29 is 13.9 Å². The highest BCUT2D eigenvalue weighted by atomic mass is 16.5. The van der Waals surface area contributed by atoms with E-state index in [1.54, 1.807) is 7.11 Å². The van der Waals surface area contributed by atoms with Gasteiger partial charge in [0.25, 0.3) is 0 Å². The van der Waals surface area contributed by atoms with Crippen LogP contribution in [0.4, 0.5) is 4.79 Å². The fourth-order valence-corrected chi connectivity index (χ4v) is 1.51. The van der Waals surface area contributed by atoms with Gasteiger partial charge in [0.1, 0.15) is 0 Å². The number of amides is 2. The predicted octanol–water partition coefficient (Wildman–Crippen LogP) is 1.18. The largest absolute Gasteiger partial charge is 0.419 e. The summed E-state index contributed by atoms with van der Waals surface area (Å²) < 4.78 is 10.3. The third-order valence-electron chi connectivity index (χ3n) is 2.48. The first-order chi connectivity index (χ1) is 9.79. The molecule has 0 unspecified atom stereocenters. The molecule has 0 atom stereocenters. The van der Waals surface area contributed by atoms with E-state index in [4.69, 9.17) is 9.15 Å².